The number of rotatable bonds is 5. The molecule has 3 aromatic rings. The zero-order chi connectivity index (χ0) is 16.8. The van der Waals surface area contributed by atoms with Crippen molar-refractivity contribution in [2.45, 2.75) is 11.0 Å². The third-order valence-corrected chi connectivity index (χ3v) is 5.40. The van der Waals surface area contributed by atoms with Crippen LogP contribution in [0.2, 0.25) is 5.02 Å². The fourth-order valence-electron chi connectivity index (χ4n) is 2.51. The molecule has 0 radical (unpaired) electrons. The first kappa shape index (κ1) is 16.6. The Hall–Kier alpha value is -2.21. The van der Waals surface area contributed by atoms with Crippen molar-refractivity contribution in [1.82, 2.24) is 0 Å². The molecule has 0 saturated heterocycles. The Kier molecular flexibility index (Phi) is 5.59. The second kappa shape index (κ2) is 8.06. The van der Waals surface area contributed by atoms with Crippen LogP contribution >= 0.6 is 23.4 Å². The van der Waals surface area contributed by atoms with Crippen molar-refractivity contribution >= 4 is 23.4 Å². The van der Waals surface area contributed by atoms with Crippen LogP contribution in [0.3, 0.4) is 0 Å². The van der Waals surface area contributed by atoms with Crippen LogP contribution in [0.5, 0.6) is 0 Å². The summed E-state index contributed by atoms with van der Waals surface area (Å²) in [5.74, 6) is 0.883. The summed E-state index contributed by atoms with van der Waals surface area (Å²) in [5.41, 5.74) is 4.43. The van der Waals surface area contributed by atoms with Gasteiger partial charge < -0.3 is 0 Å². The van der Waals surface area contributed by atoms with Crippen LogP contribution in [0, 0.1) is 11.3 Å². The van der Waals surface area contributed by atoms with Crippen LogP contribution in [0.4, 0.5) is 0 Å². The van der Waals surface area contributed by atoms with E-state index >= 15 is 0 Å². The van der Waals surface area contributed by atoms with Crippen molar-refractivity contribution in [2.24, 2.45) is 0 Å². The van der Waals surface area contributed by atoms with Gasteiger partial charge in [-0.15, -0.1) is 11.8 Å². The summed E-state index contributed by atoms with van der Waals surface area (Å²) in [5, 5.41) is 9.90. The summed E-state index contributed by atoms with van der Waals surface area (Å²) in [6.45, 7) is 0. The predicted octanol–water partition coefficient (Wildman–Crippen LogP) is 6.23. The lowest BCUT2D eigenvalue weighted by molar-refractivity contribution is 1.15. The van der Waals surface area contributed by atoms with E-state index in [4.69, 9.17) is 16.9 Å². The molecule has 118 valence electrons. The second-order valence-electron chi connectivity index (χ2n) is 5.46. The molecule has 0 aliphatic carbocycles. The number of thioether (sulfide) groups is 1. The van der Waals surface area contributed by atoms with Crippen LogP contribution in [0.25, 0.3) is 0 Å². The minimum atomic E-state index is 0.249. The monoisotopic (exact) mass is 349 g/mol. The van der Waals surface area contributed by atoms with Gasteiger partial charge in [0.05, 0.1) is 16.9 Å². The lowest BCUT2D eigenvalue weighted by Gasteiger charge is -2.18. The SMILES string of the molecule is N#Cc1ccc(CS[C@@H](c2ccccc2)c2ccc(Cl)cc2)cc1. The van der Waals surface area contributed by atoms with Gasteiger partial charge in [-0.25, -0.2) is 0 Å². The van der Waals surface area contributed by atoms with Crippen molar-refractivity contribution in [3.8, 4) is 6.07 Å². The summed E-state index contributed by atoms with van der Waals surface area (Å²) in [6.07, 6.45) is 0. The number of benzene rings is 3. The van der Waals surface area contributed by atoms with Crippen LogP contribution in [0.1, 0.15) is 27.5 Å². The maximum absolute atomic E-state index is 8.90. The maximum Gasteiger partial charge on any atom is 0.0991 e. The number of nitrogens with zero attached hydrogens (tertiary/aromatic N) is 1. The van der Waals surface area contributed by atoms with E-state index in [-0.39, 0.29) is 5.25 Å². The minimum Gasteiger partial charge on any atom is -0.192 e. The van der Waals surface area contributed by atoms with Crippen molar-refractivity contribution in [3.63, 3.8) is 0 Å². The van der Waals surface area contributed by atoms with Gasteiger partial charge in [0, 0.05) is 10.8 Å². The van der Waals surface area contributed by atoms with E-state index in [9.17, 15) is 0 Å². The molecule has 24 heavy (non-hydrogen) atoms. The topological polar surface area (TPSA) is 23.8 Å². The standard InChI is InChI=1S/C21H16ClNS/c22-20-12-10-19(11-13-20)21(18-4-2-1-3-5-18)24-15-17-8-6-16(14-23)7-9-17/h1-13,21H,15H2/t21-/m0/s1. The van der Waals surface area contributed by atoms with Gasteiger partial charge in [0.25, 0.3) is 0 Å². The predicted molar refractivity (Wildman–Crippen MR) is 102 cm³/mol. The fraction of sp³-hybridized carbons (Fsp3) is 0.0952. The van der Waals surface area contributed by atoms with Crippen LogP contribution < -0.4 is 0 Å². The summed E-state index contributed by atoms with van der Waals surface area (Å²) in [6, 6.07) is 28.5. The Morgan fingerprint density at radius 1 is 0.833 bits per heavy atom. The highest BCUT2D eigenvalue weighted by Gasteiger charge is 2.14. The molecule has 0 heterocycles. The molecule has 0 spiro atoms. The van der Waals surface area contributed by atoms with Crippen LogP contribution in [0.15, 0.2) is 78.9 Å². The van der Waals surface area contributed by atoms with Crippen molar-refractivity contribution in [2.75, 3.05) is 0 Å². The van der Waals surface area contributed by atoms with E-state index in [0.717, 1.165) is 10.8 Å². The Bertz CT molecular complexity index is 820. The molecular formula is C21H16ClNS. The highest BCUT2D eigenvalue weighted by Crippen LogP contribution is 2.37. The molecule has 0 aromatic heterocycles. The van der Waals surface area contributed by atoms with Gasteiger partial charge >= 0.3 is 0 Å². The van der Waals surface area contributed by atoms with Gasteiger partial charge in [-0.2, -0.15) is 5.26 Å². The van der Waals surface area contributed by atoms with Gasteiger partial charge in [-0.05, 0) is 41.0 Å². The Morgan fingerprint density at radius 3 is 2.08 bits per heavy atom. The zero-order valence-corrected chi connectivity index (χ0v) is 14.6. The second-order valence-corrected chi connectivity index (χ2v) is 6.99. The fourth-order valence-corrected chi connectivity index (χ4v) is 3.88. The minimum absolute atomic E-state index is 0.249. The molecule has 0 fully saturated rings. The first-order valence-electron chi connectivity index (χ1n) is 7.67. The van der Waals surface area contributed by atoms with Crippen molar-refractivity contribution in [1.29, 1.82) is 5.26 Å². The summed E-state index contributed by atoms with van der Waals surface area (Å²) in [4.78, 5) is 0. The van der Waals surface area contributed by atoms with Gasteiger partial charge in [-0.3, -0.25) is 0 Å². The molecular weight excluding hydrogens is 334 g/mol. The first-order valence-corrected chi connectivity index (χ1v) is 9.10. The van der Waals surface area contributed by atoms with E-state index in [2.05, 4.69) is 42.5 Å². The molecule has 0 aliphatic heterocycles. The normalized spacial score (nSPS) is 11.7. The third kappa shape index (κ3) is 4.20. The molecule has 0 N–H and O–H groups in total. The average Bonchev–Trinajstić information content (AvgIpc) is 2.65. The molecule has 3 heteroatoms. The van der Waals surface area contributed by atoms with Gasteiger partial charge in [0.1, 0.15) is 0 Å². The van der Waals surface area contributed by atoms with Gasteiger partial charge in [0.2, 0.25) is 0 Å². The Balaban J connectivity index is 1.82. The lowest BCUT2D eigenvalue weighted by atomic mass is 10.0. The molecule has 0 amide bonds. The van der Waals surface area contributed by atoms with E-state index in [1.54, 1.807) is 0 Å². The van der Waals surface area contributed by atoms with E-state index in [1.807, 2.05) is 54.2 Å². The highest BCUT2D eigenvalue weighted by atomic mass is 35.5. The number of hydrogen-bond acceptors (Lipinski definition) is 2. The number of hydrogen-bond donors (Lipinski definition) is 0. The Morgan fingerprint density at radius 2 is 1.46 bits per heavy atom. The molecule has 0 bridgehead atoms. The largest absolute Gasteiger partial charge is 0.192 e. The smallest absolute Gasteiger partial charge is 0.0991 e. The number of nitriles is 1. The van der Waals surface area contributed by atoms with Crippen molar-refractivity contribution in [3.05, 3.63) is 106 Å². The van der Waals surface area contributed by atoms with Crippen LogP contribution in [-0.4, -0.2) is 0 Å². The molecule has 0 unspecified atom stereocenters. The van der Waals surface area contributed by atoms with E-state index in [0.29, 0.717) is 5.56 Å². The molecule has 1 nitrogen and oxygen atoms in total. The van der Waals surface area contributed by atoms with E-state index < -0.39 is 0 Å². The molecule has 0 aliphatic rings. The average molecular weight is 350 g/mol. The third-order valence-electron chi connectivity index (χ3n) is 3.77. The summed E-state index contributed by atoms with van der Waals surface area (Å²) < 4.78 is 0. The number of halogens is 1. The molecule has 1 atom stereocenters. The first-order chi connectivity index (χ1) is 11.8. The van der Waals surface area contributed by atoms with E-state index in [1.165, 1.54) is 16.7 Å². The van der Waals surface area contributed by atoms with Crippen LogP contribution in [-0.2, 0) is 5.75 Å². The highest BCUT2D eigenvalue weighted by molar-refractivity contribution is 7.98. The molecule has 3 aromatic carbocycles. The van der Waals surface area contributed by atoms with Crippen molar-refractivity contribution < 1.29 is 0 Å². The maximum atomic E-state index is 8.90. The zero-order valence-electron chi connectivity index (χ0n) is 13.0. The Labute approximate surface area is 151 Å². The summed E-state index contributed by atoms with van der Waals surface area (Å²) >= 11 is 7.90. The molecule has 3 rings (SSSR count). The lowest BCUT2D eigenvalue weighted by Crippen LogP contribution is -1.97. The van der Waals surface area contributed by atoms with Gasteiger partial charge in [-0.1, -0.05) is 66.2 Å². The quantitative estimate of drug-likeness (QED) is 0.544. The molecule has 0 saturated carbocycles. The van der Waals surface area contributed by atoms with Gasteiger partial charge in [0.15, 0.2) is 0 Å². The summed E-state index contributed by atoms with van der Waals surface area (Å²) in [7, 11) is 0.